The Balaban J connectivity index is 2.09. The van der Waals surface area contributed by atoms with Gasteiger partial charge in [-0.15, -0.1) is 0 Å². The van der Waals surface area contributed by atoms with Gasteiger partial charge < -0.3 is 19.7 Å². The first kappa shape index (κ1) is 17.7. The molecule has 0 saturated carbocycles. The number of carbonyl (C=O) groups excluding carboxylic acids is 1. The number of nitrogens with one attached hydrogen (secondary N) is 1. The van der Waals surface area contributed by atoms with Gasteiger partial charge in [0.15, 0.2) is 0 Å². The van der Waals surface area contributed by atoms with Crippen LogP contribution in [0.2, 0.25) is 0 Å². The third-order valence-electron chi connectivity index (χ3n) is 3.40. The van der Waals surface area contributed by atoms with Gasteiger partial charge in [0.2, 0.25) is 0 Å². The molecule has 0 unspecified atom stereocenters. The Hall–Kier alpha value is -2.60. The Morgan fingerprint density at radius 1 is 1.21 bits per heavy atom. The smallest absolute Gasteiger partial charge is 0.322 e. The number of hydrogen-bond acceptors (Lipinski definition) is 4. The first-order chi connectivity index (χ1) is 11.7. The molecule has 6 heteroatoms. The lowest BCUT2D eigenvalue weighted by molar-refractivity contribution is 0.152. The van der Waals surface area contributed by atoms with Crippen molar-refractivity contribution < 1.29 is 14.3 Å². The molecule has 0 atom stereocenters. The van der Waals surface area contributed by atoms with Crippen LogP contribution in [0.15, 0.2) is 48.8 Å². The van der Waals surface area contributed by atoms with Crippen LogP contribution in [-0.4, -0.2) is 42.8 Å². The Morgan fingerprint density at radius 2 is 1.96 bits per heavy atom. The van der Waals surface area contributed by atoms with Gasteiger partial charge in [-0.2, -0.15) is 0 Å². The molecule has 0 aliphatic heterocycles. The maximum atomic E-state index is 12.7. The fraction of sp³-hybridized carbons (Fsp3) is 0.333. The third kappa shape index (κ3) is 5.24. The number of rotatable bonds is 8. The van der Waals surface area contributed by atoms with Crippen molar-refractivity contribution >= 4 is 11.7 Å². The zero-order valence-corrected chi connectivity index (χ0v) is 14.1. The van der Waals surface area contributed by atoms with E-state index in [1.165, 1.54) is 0 Å². The molecule has 0 aliphatic carbocycles. The van der Waals surface area contributed by atoms with Crippen molar-refractivity contribution in [2.24, 2.45) is 0 Å². The average Bonchev–Trinajstić information content (AvgIpc) is 2.61. The van der Waals surface area contributed by atoms with Crippen molar-refractivity contribution in [1.29, 1.82) is 0 Å². The minimum absolute atomic E-state index is 0.198. The van der Waals surface area contributed by atoms with E-state index in [4.69, 9.17) is 9.47 Å². The van der Waals surface area contributed by atoms with Gasteiger partial charge >= 0.3 is 6.03 Å². The van der Waals surface area contributed by atoms with Gasteiger partial charge in [-0.05, 0) is 36.8 Å². The van der Waals surface area contributed by atoms with E-state index in [-0.39, 0.29) is 6.03 Å². The molecule has 0 fully saturated rings. The Labute approximate surface area is 142 Å². The highest BCUT2D eigenvalue weighted by Gasteiger charge is 2.15. The molecule has 0 bridgehead atoms. The molecule has 0 saturated heterocycles. The summed E-state index contributed by atoms with van der Waals surface area (Å²) in [7, 11) is 1.62. The predicted octanol–water partition coefficient (Wildman–Crippen LogP) is 3.16. The van der Waals surface area contributed by atoms with Crippen LogP contribution in [0.1, 0.15) is 12.5 Å². The summed E-state index contributed by atoms with van der Waals surface area (Å²) >= 11 is 0. The quantitative estimate of drug-likeness (QED) is 0.808. The average molecular weight is 329 g/mol. The molecule has 1 aromatic heterocycles. The molecule has 24 heavy (non-hydrogen) atoms. The van der Waals surface area contributed by atoms with E-state index in [1.54, 1.807) is 24.4 Å². The lowest BCUT2D eigenvalue weighted by Gasteiger charge is -2.23. The van der Waals surface area contributed by atoms with Gasteiger partial charge in [-0.25, -0.2) is 4.79 Å². The normalized spacial score (nSPS) is 10.2. The van der Waals surface area contributed by atoms with Gasteiger partial charge in [0, 0.05) is 32.6 Å². The van der Waals surface area contributed by atoms with Crippen molar-refractivity contribution in [1.82, 2.24) is 9.88 Å². The van der Waals surface area contributed by atoms with Crippen molar-refractivity contribution in [3.05, 3.63) is 54.4 Å². The van der Waals surface area contributed by atoms with Crippen molar-refractivity contribution in [3.63, 3.8) is 0 Å². The Morgan fingerprint density at radius 3 is 2.67 bits per heavy atom. The zero-order valence-electron chi connectivity index (χ0n) is 14.1. The van der Waals surface area contributed by atoms with Crippen molar-refractivity contribution in [3.8, 4) is 5.75 Å². The maximum Gasteiger partial charge on any atom is 0.322 e. The lowest BCUT2D eigenvalue weighted by Crippen LogP contribution is -2.37. The molecule has 2 rings (SSSR count). The minimum atomic E-state index is -0.198. The number of urea groups is 1. The summed E-state index contributed by atoms with van der Waals surface area (Å²) < 4.78 is 10.7. The third-order valence-corrected chi connectivity index (χ3v) is 3.40. The fourth-order valence-electron chi connectivity index (χ4n) is 2.21. The fourth-order valence-corrected chi connectivity index (χ4v) is 2.21. The van der Waals surface area contributed by atoms with E-state index in [0.717, 1.165) is 5.56 Å². The SMILES string of the molecule is CCOc1ccccc1NC(=O)N(CCOC)Cc1ccncc1. The maximum absolute atomic E-state index is 12.7. The van der Waals surface area contributed by atoms with E-state index in [9.17, 15) is 4.79 Å². The first-order valence-corrected chi connectivity index (χ1v) is 7.90. The minimum Gasteiger partial charge on any atom is -0.492 e. The van der Waals surface area contributed by atoms with Crippen LogP contribution in [-0.2, 0) is 11.3 Å². The van der Waals surface area contributed by atoms with Crippen LogP contribution in [0, 0.1) is 0 Å². The summed E-state index contributed by atoms with van der Waals surface area (Å²) in [6.07, 6.45) is 3.43. The molecular weight excluding hydrogens is 306 g/mol. The van der Waals surface area contributed by atoms with E-state index in [2.05, 4.69) is 10.3 Å². The highest BCUT2D eigenvalue weighted by molar-refractivity contribution is 5.91. The highest BCUT2D eigenvalue weighted by atomic mass is 16.5. The summed E-state index contributed by atoms with van der Waals surface area (Å²) in [6, 6.07) is 11.0. The second-order valence-corrected chi connectivity index (χ2v) is 5.13. The summed E-state index contributed by atoms with van der Waals surface area (Å²) in [5.41, 5.74) is 1.66. The van der Waals surface area contributed by atoms with Gasteiger partial charge in [0.1, 0.15) is 5.75 Å². The molecule has 1 N–H and O–H groups in total. The largest absolute Gasteiger partial charge is 0.492 e. The molecule has 1 heterocycles. The summed E-state index contributed by atoms with van der Waals surface area (Å²) in [5.74, 6) is 0.656. The molecule has 0 spiro atoms. The second kappa shape index (κ2) is 9.52. The predicted molar refractivity (Wildman–Crippen MR) is 93.2 cm³/mol. The van der Waals surface area contributed by atoms with Crippen LogP contribution in [0.3, 0.4) is 0 Å². The molecule has 2 aromatic rings. The number of para-hydroxylation sites is 2. The summed E-state index contributed by atoms with van der Waals surface area (Å²) in [5, 5.41) is 2.92. The Bertz CT molecular complexity index is 634. The Kier molecular flexibility index (Phi) is 7.04. The number of carbonyl (C=O) groups is 1. The van der Waals surface area contributed by atoms with Crippen LogP contribution in [0.5, 0.6) is 5.75 Å². The molecular formula is C18H23N3O3. The molecule has 0 radical (unpaired) electrons. The number of hydrogen-bond donors (Lipinski definition) is 1. The van der Waals surface area contributed by atoms with Crippen LogP contribution in [0.4, 0.5) is 10.5 Å². The van der Waals surface area contributed by atoms with E-state index >= 15 is 0 Å². The molecule has 6 nitrogen and oxygen atoms in total. The van der Waals surface area contributed by atoms with Gasteiger partial charge in [-0.1, -0.05) is 12.1 Å². The summed E-state index contributed by atoms with van der Waals surface area (Å²) in [6.45, 7) is 3.88. The lowest BCUT2D eigenvalue weighted by atomic mass is 10.2. The number of pyridine rings is 1. The van der Waals surface area contributed by atoms with Crippen LogP contribution in [0.25, 0.3) is 0 Å². The van der Waals surface area contributed by atoms with Gasteiger partial charge in [-0.3, -0.25) is 4.98 Å². The second-order valence-electron chi connectivity index (χ2n) is 5.13. The molecule has 2 amide bonds. The topological polar surface area (TPSA) is 63.7 Å². The number of ether oxygens (including phenoxy) is 2. The van der Waals surface area contributed by atoms with E-state index in [1.807, 2.05) is 43.3 Å². The van der Waals surface area contributed by atoms with Crippen LogP contribution >= 0.6 is 0 Å². The molecule has 0 aliphatic rings. The standard InChI is InChI=1S/C18H23N3O3/c1-3-24-17-7-5-4-6-16(17)20-18(22)21(12-13-23-2)14-15-8-10-19-11-9-15/h4-11H,3,12-14H2,1-2H3,(H,20,22). The first-order valence-electron chi connectivity index (χ1n) is 7.90. The number of methoxy groups -OCH3 is 1. The highest BCUT2D eigenvalue weighted by Crippen LogP contribution is 2.24. The van der Waals surface area contributed by atoms with Gasteiger partial charge in [0.25, 0.3) is 0 Å². The number of nitrogens with zero attached hydrogens (tertiary/aromatic N) is 2. The number of benzene rings is 1. The number of aromatic nitrogens is 1. The van der Waals surface area contributed by atoms with Crippen molar-refractivity contribution in [2.75, 3.05) is 32.2 Å². The molecule has 128 valence electrons. The van der Waals surface area contributed by atoms with Crippen LogP contribution < -0.4 is 10.1 Å². The van der Waals surface area contributed by atoms with Crippen molar-refractivity contribution in [2.45, 2.75) is 13.5 Å². The number of amides is 2. The van der Waals surface area contributed by atoms with Gasteiger partial charge in [0.05, 0.1) is 18.9 Å². The zero-order chi connectivity index (χ0) is 17.2. The monoisotopic (exact) mass is 329 g/mol. The molecule has 1 aromatic carbocycles. The summed E-state index contributed by atoms with van der Waals surface area (Å²) in [4.78, 5) is 18.4. The van der Waals surface area contributed by atoms with E-state index < -0.39 is 0 Å². The van der Waals surface area contributed by atoms with E-state index in [0.29, 0.717) is 37.7 Å². The number of anilines is 1.